The van der Waals surface area contributed by atoms with Crippen molar-refractivity contribution in [2.24, 2.45) is 5.73 Å². The van der Waals surface area contributed by atoms with Crippen molar-refractivity contribution in [3.8, 4) is 0 Å². The summed E-state index contributed by atoms with van der Waals surface area (Å²) in [5.41, 5.74) is 5.71. The first kappa shape index (κ1) is 16.5. The molecule has 6 heteroatoms. The first-order valence-electron chi connectivity index (χ1n) is 7.19. The fourth-order valence-electron chi connectivity index (χ4n) is 2.58. The molecule has 0 saturated carbocycles. The summed E-state index contributed by atoms with van der Waals surface area (Å²) in [7, 11) is 0. The average molecular weight is 312 g/mol. The Balaban J connectivity index is 2.01. The summed E-state index contributed by atoms with van der Waals surface area (Å²) in [5.74, 6) is -0.140. The third-order valence-electron chi connectivity index (χ3n) is 3.86. The molecule has 1 aromatic carbocycles. The lowest BCUT2D eigenvalue weighted by molar-refractivity contribution is -0.137. The molecule has 0 spiro atoms. The molecule has 22 heavy (non-hydrogen) atoms. The summed E-state index contributed by atoms with van der Waals surface area (Å²) in [4.78, 5) is 13.9. The summed E-state index contributed by atoms with van der Waals surface area (Å²) >= 11 is 0. The second-order valence-corrected chi connectivity index (χ2v) is 5.62. The van der Waals surface area contributed by atoms with Gasteiger partial charge >= 0.3 is 6.18 Å². The standard InChI is InChI=1S/C16H19F3N2O/c1-11-10-14(20)8-9-21(11)15(22)7-4-12-2-5-13(6-3-12)16(17,18)19/h2-7,11,14H,8-10,20H2,1H3/b7-4+. The van der Waals surface area contributed by atoms with Gasteiger partial charge in [0, 0.05) is 24.7 Å². The van der Waals surface area contributed by atoms with E-state index in [0.717, 1.165) is 25.0 Å². The molecule has 120 valence electrons. The highest BCUT2D eigenvalue weighted by Gasteiger charge is 2.30. The predicted octanol–water partition coefficient (Wildman–Crippen LogP) is 3.06. The van der Waals surface area contributed by atoms with Crippen molar-refractivity contribution in [2.45, 2.75) is 38.0 Å². The van der Waals surface area contributed by atoms with Crippen molar-refractivity contribution in [3.05, 3.63) is 41.5 Å². The van der Waals surface area contributed by atoms with Gasteiger partial charge < -0.3 is 10.6 Å². The first-order valence-corrected chi connectivity index (χ1v) is 7.19. The van der Waals surface area contributed by atoms with Gasteiger partial charge in [-0.25, -0.2) is 0 Å². The molecule has 1 aliphatic rings. The number of hydrogen-bond donors (Lipinski definition) is 1. The van der Waals surface area contributed by atoms with E-state index in [4.69, 9.17) is 5.73 Å². The molecule has 1 heterocycles. The molecule has 1 aliphatic heterocycles. The summed E-state index contributed by atoms with van der Waals surface area (Å²) < 4.78 is 37.4. The highest BCUT2D eigenvalue weighted by atomic mass is 19.4. The lowest BCUT2D eigenvalue weighted by atomic mass is 9.99. The maximum Gasteiger partial charge on any atom is 0.416 e. The van der Waals surface area contributed by atoms with Crippen LogP contribution in [-0.2, 0) is 11.0 Å². The van der Waals surface area contributed by atoms with Gasteiger partial charge in [0.05, 0.1) is 5.56 Å². The quantitative estimate of drug-likeness (QED) is 0.853. The minimum absolute atomic E-state index is 0.0773. The van der Waals surface area contributed by atoms with Gasteiger partial charge in [-0.15, -0.1) is 0 Å². The molecule has 0 aliphatic carbocycles. The first-order chi connectivity index (χ1) is 10.3. The van der Waals surface area contributed by atoms with Crippen LogP contribution in [0.25, 0.3) is 6.08 Å². The van der Waals surface area contributed by atoms with Crippen molar-refractivity contribution in [3.63, 3.8) is 0 Å². The molecular formula is C16H19F3N2O. The highest BCUT2D eigenvalue weighted by molar-refractivity contribution is 5.92. The van der Waals surface area contributed by atoms with E-state index in [1.165, 1.54) is 24.3 Å². The number of carbonyl (C=O) groups excluding carboxylic acids is 1. The molecule has 1 saturated heterocycles. The van der Waals surface area contributed by atoms with Gasteiger partial charge in [-0.3, -0.25) is 4.79 Å². The van der Waals surface area contributed by atoms with Crippen LogP contribution >= 0.6 is 0 Å². The van der Waals surface area contributed by atoms with Gasteiger partial charge in [-0.1, -0.05) is 12.1 Å². The van der Waals surface area contributed by atoms with Crippen molar-refractivity contribution in [1.82, 2.24) is 4.90 Å². The lowest BCUT2D eigenvalue weighted by Gasteiger charge is -2.35. The Morgan fingerprint density at radius 3 is 2.50 bits per heavy atom. The molecule has 0 bridgehead atoms. The Kier molecular flexibility index (Phi) is 4.90. The van der Waals surface area contributed by atoms with E-state index in [2.05, 4.69) is 0 Å². The normalized spacial score (nSPS) is 23.0. The Hall–Kier alpha value is -1.82. The van der Waals surface area contributed by atoms with Crippen LogP contribution < -0.4 is 5.73 Å². The van der Waals surface area contributed by atoms with Crippen LogP contribution in [0.1, 0.15) is 30.9 Å². The minimum Gasteiger partial charge on any atom is -0.336 e. The molecule has 1 aromatic rings. The fraction of sp³-hybridized carbons (Fsp3) is 0.438. The number of rotatable bonds is 2. The van der Waals surface area contributed by atoms with E-state index in [-0.39, 0.29) is 18.0 Å². The largest absolute Gasteiger partial charge is 0.416 e. The summed E-state index contributed by atoms with van der Waals surface area (Å²) in [6.07, 6.45) is 0.115. The smallest absolute Gasteiger partial charge is 0.336 e. The number of benzene rings is 1. The number of hydrogen-bond acceptors (Lipinski definition) is 2. The SMILES string of the molecule is CC1CC(N)CCN1C(=O)/C=C/c1ccc(C(F)(F)F)cc1. The number of carbonyl (C=O) groups is 1. The Morgan fingerprint density at radius 2 is 1.95 bits per heavy atom. The zero-order valence-corrected chi connectivity index (χ0v) is 12.3. The van der Waals surface area contributed by atoms with Gasteiger partial charge in [-0.2, -0.15) is 13.2 Å². The van der Waals surface area contributed by atoms with Crippen molar-refractivity contribution < 1.29 is 18.0 Å². The van der Waals surface area contributed by atoms with Crippen LogP contribution in [0.3, 0.4) is 0 Å². The Morgan fingerprint density at radius 1 is 1.32 bits per heavy atom. The topological polar surface area (TPSA) is 46.3 Å². The molecule has 2 unspecified atom stereocenters. The Bertz CT molecular complexity index is 552. The maximum atomic E-state index is 12.5. The molecular weight excluding hydrogens is 293 g/mol. The number of halogens is 3. The van der Waals surface area contributed by atoms with Gasteiger partial charge in [0.25, 0.3) is 0 Å². The van der Waals surface area contributed by atoms with Crippen molar-refractivity contribution in [1.29, 1.82) is 0 Å². The second kappa shape index (κ2) is 6.52. The molecule has 0 aromatic heterocycles. The van der Waals surface area contributed by atoms with Crippen LogP contribution in [0.4, 0.5) is 13.2 Å². The zero-order chi connectivity index (χ0) is 16.3. The van der Waals surface area contributed by atoms with E-state index in [1.54, 1.807) is 4.90 Å². The van der Waals surface area contributed by atoms with E-state index in [9.17, 15) is 18.0 Å². The average Bonchev–Trinajstić information content (AvgIpc) is 2.44. The summed E-state index contributed by atoms with van der Waals surface area (Å²) in [6.45, 7) is 2.56. The lowest BCUT2D eigenvalue weighted by Crippen LogP contribution is -2.47. The maximum absolute atomic E-state index is 12.5. The van der Waals surface area contributed by atoms with Crippen LogP contribution in [0.2, 0.25) is 0 Å². The van der Waals surface area contributed by atoms with Crippen LogP contribution in [0, 0.1) is 0 Å². The zero-order valence-electron chi connectivity index (χ0n) is 12.3. The number of piperidine rings is 1. The van der Waals surface area contributed by atoms with E-state index in [1.807, 2.05) is 6.92 Å². The monoisotopic (exact) mass is 312 g/mol. The van der Waals surface area contributed by atoms with Crippen LogP contribution in [0.5, 0.6) is 0 Å². The third kappa shape index (κ3) is 4.10. The number of nitrogens with zero attached hydrogens (tertiary/aromatic N) is 1. The molecule has 2 atom stereocenters. The van der Waals surface area contributed by atoms with E-state index < -0.39 is 11.7 Å². The Labute approximate surface area is 127 Å². The molecule has 3 nitrogen and oxygen atoms in total. The minimum atomic E-state index is -4.35. The van der Waals surface area contributed by atoms with Crippen LogP contribution in [-0.4, -0.2) is 29.4 Å². The molecule has 2 N–H and O–H groups in total. The summed E-state index contributed by atoms with van der Waals surface area (Å²) in [6, 6.07) is 4.91. The molecule has 1 amide bonds. The number of alkyl halides is 3. The fourth-order valence-corrected chi connectivity index (χ4v) is 2.58. The van der Waals surface area contributed by atoms with Gasteiger partial charge in [0.1, 0.15) is 0 Å². The predicted molar refractivity (Wildman–Crippen MR) is 78.9 cm³/mol. The number of nitrogens with two attached hydrogens (primary N) is 1. The van der Waals surface area contributed by atoms with Crippen molar-refractivity contribution >= 4 is 12.0 Å². The number of likely N-dealkylation sites (tertiary alicyclic amines) is 1. The molecule has 0 radical (unpaired) electrons. The van der Waals surface area contributed by atoms with Gasteiger partial charge in [0.2, 0.25) is 5.91 Å². The summed E-state index contributed by atoms with van der Waals surface area (Å²) in [5, 5.41) is 0. The highest BCUT2D eigenvalue weighted by Crippen LogP contribution is 2.29. The van der Waals surface area contributed by atoms with E-state index >= 15 is 0 Å². The van der Waals surface area contributed by atoms with Gasteiger partial charge in [-0.05, 0) is 43.5 Å². The number of amides is 1. The van der Waals surface area contributed by atoms with Crippen LogP contribution in [0.15, 0.2) is 30.3 Å². The third-order valence-corrected chi connectivity index (χ3v) is 3.86. The van der Waals surface area contributed by atoms with E-state index in [0.29, 0.717) is 12.1 Å². The molecule has 1 fully saturated rings. The molecule has 2 rings (SSSR count). The van der Waals surface area contributed by atoms with Gasteiger partial charge in [0.15, 0.2) is 0 Å². The second-order valence-electron chi connectivity index (χ2n) is 5.62. The van der Waals surface area contributed by atoms with Crippen molar-refractivity contribution in [2.75, 3.05) is 6.54 Å².